The van der Waals surface area contributed by atoms with E-state index in [0.717, 1.165) is 11.1 Å². The largest absolute Gasteiger partial charge is 0.341 e. The summed E-state index contributed by atoms with van der Waals surface area (Å²) in [5.74, 6) is -0.102. The van der Waals surface area contributed by atoms with E-state index in [4.69, 9.17) is 11.6 Å². The second-order valence-electron chi connectivity index (χ2n) is 5.23. The van der Waals surface area contributed by atoms with E-state index in [2.05, 4.69) is 5.32 Å². The van der Waals surface area contributed by atoms with Crippen LogP contribution in [0.5, 0.6) is 0 Å². The lowest BCUT2D eigenvalue weighted by atomic mass is 9.98. The van der Waals surface area contributed by atoms with Gasteiger partial charge in [-0.3, -0.25) is 4.79 Å². The maximum atomic E-state index is 12.5. The lowest BCUT2D eigenvalue weighted by Gasteiger charge is -2.20. The topological polar surface area (TPSA) is 29.1 Å². The fraction of sp³-hybridized carbons (Fsp3) is 0.0500. The zero-order chi connectivity index (χ0) is 16.1. The number of hydrogen-bond acceptors (Lipinski definition) is 1. The van der Waals surface area contributed by atoms with Gasteiger partial charge in [0.05, 0.1) is 6.04 Å². The summed E-state index contributed by atoms with van der Waals surface area (Å²) in [7, 11) is 0. The van der Waals surface area contributed by atoms with Crippen LogP contribution in [0, 0.1) is 0 Å². The molecule has 1 amide bonds. The smallest absolute Gasteiger partial charge is 0.252 e. The van der Waals surface area contributed by atoms with Crippen LogP contribution in [0.2, 0.25) is 5.02 Å². The minimum atomic E-state index is -0.221. The van der Waals surface area contributed by atoms with Crippen LogP contribution in [0.1, 0.15) is 27.5 Å². The molecule has 0 aliphatic rings. The third-order valence-corrected chi connectivity index (χ3v) is 3.90. The summed E-state index contributed by atoms with van der Waals surface area (Å²) >= 11 is 5.98. The minimum Gasteiger partial charge on any atom is -0.341 e. The molecule has 0 radical (unpaired) electrons. The van der Waals surface area contributed by atoms with Gasteiger partial charge < -0.3 is 5.32 Å². The molecule has 23 heavy (non-hydrogen) atoms. The summed E-state index contributed by atoms with van der Waals surface area (Å²) in [5, 5.41) is 3.78. The van der Waals surface area contributed by atoms with Gasteiger partial charge in [-0.15, -0.1) is 0 Å². The van der Waals surface area contributed by atoms with Crippen molar-refractivity contribution in [1.82, 2.24) is 5.32 Å². The first-order chi connectivity index (χ1) is 11.2. The van der Waals surface area contributed by atoms with Gasteiger partial charge in [0.2, 0.25) is 0 Å². The molecule has 0 aliphatic carbocycles. The summed E-state index contributed by atoms with van der Waals surface area (Å²) in [4.78, 5) is 12.5. The molecule has 114 valence electrons. The maximum absolute atomic E-state index is 12.5. The van der Waals surface area contributed by atoms with Crippen LogP contribution in [-0.4, -0.2) is 5.91 Å². The molecule has 3 rings (SSSR count). The fourth-order valence-electron chi connectivity index (χ4n) is 2.46. The molecule has 0 saturated heterocycles. The zero-order valence-corrected chi connectivity index (χ0v) is 13.2. The Hall–Kier alpha value is -2.58. The lowest BCUT2D eigenvalue weighted by Crippen LogP contribution is -2.29. The van der Waals surface area contributed by atoms with Crippen molar-refractivity contribution in [1.29, 1.82) is 0 Å². The number of rotatable bonds is 4. The van der Waals surface area contributed by atoms with Crippen molar-refractivity contribution in [3.63, 3.8) is 0 Å². The predicted molar refractivity (Wildman–Crippen MR) is 93.6 cm³/mol. The standard InChI is InChI=1S/C20H16ClNO/c21-18-13-11-16(12-14-18)19(15-7-3-1-4-8-15)22-20(23)17-9-5-2-6-10-17/h1-14,19H,(H,22,23). The van der Waals surface area contributed by atoms with Gasteiger partial charge in [-0.1, -0.05) is 72.3 Å². The molecule has 3 aromatic rings. The third kappa shape index (κ3) is 3.79. The van der Waals surface area contributed by atoms with Gasteiger partial charge >= 0.3 is 0 Å². The SMILES string of the molecule is O=C(NC(c1ccccc1)c1ccc(Cl)cc1)c1ccccc1. The zero-order valence-electron chi connectivity index (χ0n) is 12.4. The lowest BCUT2D eigenvalue weighted by molar-refractivity contribution is 0.0943. The first kappa shape index (κ1) is 15.3. The number of amides is 1. The number of hydrogen-bond donors (Lipinski definition) is 1. The maximum Gasteiger partial charge on any atom is 0.252 e. The first-order valence-electron chi connectivity index (χ1n) is 7.40. The van der Waals surface area contributed by atoms with E-state index >= 15 is 0 Å². The number of halogens is 1. The Balaban J connectivity index is 1.93. The second-order valence-corrected chi connectivity index (χ2v) is 5.67. The Morgan fingerprint density at radius 2 is 1.26 bits per heavy atom. The summed E-state index contributed by atoms with van der Waals surface area (Å²) < 4.78 is 0. The molecule has 2 nitrogen and oxygen atoms in total. The molecule has 0 heterocycles. The molecule has 0 fully saturated rings. The number of carbonyl (C=O) groups excluding carboxylic acids is 1. The van der Waals surface area contributed by atoms with Crippen molar-refractivity contribution >= 4 is 17.5 Å². The second kappa shape index (κ2) is 7.12. The minimum absolute atomic E-state index is 0.102. The number of carbonyl (C=O) groups is 1. The average molecular weight is 322 g/mol. The number of benzene rings is 3. The normalized spacial score (nSPS) is 11.7. The Kier molecular flexibility index (Phi) is 4.74. The quantitative estimate of drug-likeness (QED) is 0.730. The molecule has 3 heteroatoms. The van der Waals surface area contributed by atoms with E-state index in [-0.39, 0.29) is 11.9 Å². The Morgan fingerprint density at radius 3 is 1.87 bits per heavy atom. The van der Waals surface area contributed by atoms with Crippen LogP contribution in [0.4, 0.5) is 0 Å². The van der Waals surface area contributed by atoms with E-state index in [1.165, 1.54) is 0 Å². The van der Waals surface area contributed by atoms with Crippen LogP contribution >= 0.6 is 11.6 Å². The van der Waals surface area contributed by atoms with Crippen molar-refractivity contribution in [2.45, 2.75) is 6.04 Å². The van der Waals surface area contributed by atoms with E-state index in [1.807, 2.05) is 72.8 Å². The predicted octanol–water partition coefficient (Wildman–Crippen LogP) is 4.86. The molecule has 1 unspecified atom stereocenters. The highest BCUT2D eigenvalue weighted by atomic mass is 35.5. The molecule has 0 spiro atoms. The van der Waals surface area contributed by atoms with Crippen LogP contribution in [0.25, 0.3) is 0 Å². The summed E-state index contributed by atoms with van der Waals surface area (Å²) in [6, 6.07) is 26.4. The van der Waals surface area contributed by atoms with Gasteiger partial charge in [-0.2, -0.15) is 0 Å². The molecule has 0 bridgehead atoms. The van der Waals surface area contributed by atoms with Crippen LogP contribution in [0.3, 0.4) is 0 Å². The van der Waals surface area contributed by atoms with E-state index in [9.17, 15) is 4.79 Å². The van der Waals surface area contributed by atoms with E-state index in [0.29, 0.717) is 10.6 Å². The van der Waals surface area contributed by atoms with Crippen molar-refractivity contribution in [3.8, 4) is 0 Å². The fourth-order valence-corrected chi connectivity index (χ4v) is 2.59. The van der Waals surface area contributed by atoms with Gasteiger partial charge in [0, 0.05) is 10.6 Å². The molecular formula is C20H16ClNO. The van der Waals surface area contributed by atoms with Crippen molar-refractivity contribution < 1.29 is 4.79 Å². The van der Waals surface area contributed by atoms with Crippen LogP contribution in [-0.2, 0) is 0 Å². The van der Waals surface area contributed by atoms with E-state index < -0.39 is 0 Å². The Morgan fingerprint density at radius 1 is 0.739 bits per heavy atom. The summed E-state index contributed by atoms with van der Waals surface area (Å²) in [6.07, 6.45) is 0. The summed E-state index contributed by atoms with van der Waals surface area (Å²) in [6.45, 7) is 0. The van der Waals surface area contributed by atoms with Crippen molar-refractivity contribution in [3.05, 3.63) is 107 Å². The highest BCUT2D eigenvalue weighted by Gasteiger charge is 2.17. The van der Waals surface area contributed by atoms with Gasteiger partial charge in [0.25, 0.3) is 5.91 Å². The van der Waals surface area contributed by atoms with Gasteiger partial charge in [-0.25, -0.2) is 0 Å². The average Bonchev–Trinajstić information content (AvgIpc) is 2.62. The van der Waals surface area contributed by atoms with Crippen LogP contribution in [0.15, 0.2) is 84.9 Å². The van der Waals surface area contributed by atoms with Crippen molar-refractivity contribution in [2.24, 2.45) is 0 Å². The highest BCUT2D eigenvalue weighted by molar-refractivity contribution is 6.30. The first-order valence-corrected chi connectivity index (χ1v) is 7.78. The monoisotopic (exact) mass is 321 g/mol. The molecule has 3 aromatic carbocycles. The van der Waals surface area contributed by atoms with Crippen molar-refractivity contribution in [2.75, 3.05) is 0 Å². The highest BCUT2D eigenvalue weighted by Crippen LogP contribution is 2.24. The Labute approximate surface area is 140 Å². The number of nitrogens with one attached hydrogen (secondary N) is 1. The third-order valence-electron chi connectivity index (χ3n) is 3.65. The van der Waals surface area contributed by atoms with Crippen LogP contribution < -0.4 is 5.32 Å². The molecule has 0 aliphatic heterocycles. The molecule has 1 N–H and O–H groups in total. The van der Waals surface area contributed by atoms with Gasteiger partial charge in [0.15, 0.2) is 0 Å². The molecule has 0 saturated carbocycles. The molecule has 0 aromatic heterocycles. The van der Waals surface area contributed by atoms with Gasteiger partial charge in [-0.05, 0) is 35.4 Å². The summed E-state index contributed by atoms with van der Waals surface area (Å²) in [5.41, 5.74) is 2.66. The Bertz CT molecular complexity index is 770. The molecule has 1 atom stereocenters. The molecular weight excluding hydrogens is 306 g/mol. The van der Waals surface area contributed by atoms with E-state index in [1.54, 1.807) is 12.1 Å². The van der Waals surface area contributed by atoms with Gasteiger partial charge in [0.1, 0.15) is 0 Å².